The fraction of sp³-hybridized carbons (Fsp3) is 0.0741. The fourth-order valence-corrected chi connectivity index (χ4v) is 5.37. The molecule has 2 aromatic heterocycles. The van der Waals surface area contributed by atoms with Crippen LogP contribution in [0.2, 0.25) is 0 Å². The van der Waals surface area contributed by atoms with E-state index in [0.29, 0.717) is 39.7 Å². The van der Waals surface area contributed by atoms with Gasteiger partial charge in [0.05, 0.1) is 22.3 Å². The Bertz CT molecular complexity index is 1880. The van der Waals surface area contributed by atoms with E-state index in [9.17, 15) is 22.0 Å². The molecule has 0 amide bonds. The van der Waals surface area contributed by atoms with Crippen LogP contribution in [0, 0.1) is 11.6 Å². The first-order valence-electron chi connectivity index (χ1n) is 11.7. The number of nitrogens with one attached hydrogen (secondary N) is 3. The lowest BCUT2D eigenvalue weighted by Crippen LogP contribution is -2.22. The first kappa shape index (κ1) is 25.8. The van der Waals surface area contributed by atoms with Gasteiger partial charge in [0.25, 0.3) is 15.6 Å². The summed E-state index contributed by atoms with van der Waals surface area (Å²) in [6.07, 6.45) is 1.45. The maximum atomic E-state index is 14.2. The van der Waals surface area contributed by atoms with Gasteiger partial charge in [-0.1, -0.05) is 24.3 Å². The molecular formula is C27H22F2N6O3S. The Morgan fingerprint density at radius 1 is 0.872 bits per heavy atom. The van der Waals surface area contributed by atoms with Gasteiger partial charge in [-0.2, -0.15) is 0 Å². The van der Waals surface area contributed by atoms with Crippen LogP contribution in [0.3, 0.4) is 0 Å². The molecule has 5 rings (SSSR count). The van der Waals surface area contributed by atoms with Gasteiger partial charge in [-0.3, -0.25) is 9.52 Å². The van der Waals surface area contributed by atoms with Crippen LogP contribution in [-0.2, 0) is 10.0 Å². The van der Waals surface area contributed by atoms with Crippen molar-refractivity contribution in [3.63, 3.8) is 0 Å². The summed E-state index contributed by atoms with van der Waals surface area (Å²) in [6, 6.07) is 17.9. The van der Waals surface area contributed by atoms with Crippen molar-refractivity contribution in [1.82, 2.24) is 14.5 Å². The quantitative estimate of drug-likeness (QED) is 0.272. The van der Waals surface area contributed by atoms with E-state index >= 15 is 0 Å². The summed E-state index contributed by atoms with van der Waals surface area (Å²) in [5.41, 5.74) is 1.23. The lowest BCUT2D eigenvalue weighted by Gasteiger charge is -2.15. The number of rotatable bonds is 7. The van der Waals surface area contributed by atoms with Gasteiger partial charge in [0.15, 0.2) is 0 Å². The van der Waals surface area contributed by atoms with Crippen molar-refractivity contribution < 1.29 is 17.2 Å². The molecule has 3 aromatic carbocycles. The molecule has 2 heterocycles. The molecular weight excluding hydrogens is 526 g/mol. The van der Waals surface area contributed by atoms with E-state index in [1.807, 2.05) is 18.2 Å². The van der Waals surface area contributed by atoms with Gasteiger partial charge in [0.2, 0.25) is 5.95 Å². The largest absolute Gasteiger partial charge is 0.372 e. The predicted octanol–water partition coefficient (Wildman–Crippen LogP) is 4.61. The highest BCUT2D eigenvalue weighted by Crippen LogP contribution is 2.30. The van der Waals surface area contributed by atoms with Gasteiger partial charge in [0, 0.05) is 31.9 Å². The minimum atomic E-state index is -4.35. The number of pyridine rings is 1. The van der Waals surface area contributed by atoms with Gasteiger partial charge < -0.3 is 10.6 Å². The van der Waals surface area contributed by atoms with Crippen molar-refractivity contribution in [2.75, 3.05) is 29.5 Å². The Kier molecular flexibility index (Phi) is 6.71. The molecule has 0 bridgehead atoms. The maximum absolute atomic E-state index is 14.2. The molecule has 0 atom stereocenters. The highest BCUT2D eigenvalue weighted by molar-refractivity contribution is 7.92. The molecule has 0 fully saturated rings. The monoisotopic (exact) mass is 548 g/mol. The Hall–Kier alpha value is -4.84. The third kappa shape index (κ3) is 4.89. The van der Waals surface area contributed by atoms with Gasteiger partial charge >= 0.3 is 0 Å². The number of anilines is 3. The van der Waals surface area contributed by atoms with Crippen molar-refractivity contribution in [3.05, 3.63) is 101 Å². The number of aromatic nitrogens is 3. The number of sulfonamides is 1. The van der Waals surface area contributed by atoms with Crippen LogP contribution in [0.1, 0.15) is 0 Å². The summed E-state index contributed by atoms with van der Waals surface area (Å²) in [6.45, 7) is 0. The summed E-state index contributed by atoms with van der Waals surface area (Å²) < 4.78 is 57.5. The Morgan fingerprint density at radius 3 is 2.33 bits per heavy atom. The highest BCUT2D eigenvalue weighted by Gasteiger charge is 2.23. The Balaban J connectivity index is 1.62. The van der Waals surface area contributed by atoms with Crippen LogP contribution in [0.25, 0.3) is 27.7 Å². The lowest BCUT2D eigenvalue weighted by molar-refractivity contribution is 0.583. The second-order valence-electron chi connectivity index (χ2n) is 8.44. The topological polar surface area (TPSA) is 118 Å². The van der Waals surface area contributed by atoms with Crippen LogP contribution in [0.4, 0.5) is 26.2 Å². The lowest BCUT2D eigenvalue weighted by atomic mass is 10.1. The third-order valence-electron chi connectivity index (χ3n) is 5.99. The van der Waals surface area contributed by atoms with Crippen molar-refractivity contribution in [2.45, 2.75) is 4.90 Å². The average Bonchev–Trinajstić information content (AvgIpc) is 2.94. The molecule has 198 valence electrons. The number of para-hydroxylation sites is 1. The predicted molar refractivity (Wildman–Crippen MR) is 147 cm³/mol. The highest BCUT2D eigenvalue weighted by atomic mass is 32.2. The summed E-state index contributed by atoms with van der Waals surface area (Å²) in [4.78, 5) is 22.1. The van der Waals surface area contributed by atoms with E-state index in [1.54, 1.807) is 37.4 Å². The van der Waals surface area contributed by atoms with Gasteiger partial charge in [-0.05, 0) is 48.0 Å². The zero-order valence-electron chi connectivity index (χ0n) is 20.7. The molecule has 0 aliphatic carbocycles. The first-order chi connectivity index (χ1) is 18.7. The second kappa shape index (κ2) is 10.1. The summed E-state index contributed by atoms with van der Waals surface area (Å²) in [5, 5.41) is 5.97. The number of halogens is 2. The molecule has 12 heteroatoms. The number of benzene rings is 3. The molecule has 0 radical (unpaired) electrons. The van der Waals surface area contributed by atoms with Crippen molar-refractivity contribution >= 4 is 38.4 Å². The molecule has 9 nitrogen and oxygen atoms in total. The number of nitrogens with zero attached hydrogens (tertiary/aromatic N) is 3. The van der Waals surface area contributed by atoms with Crippen molar-refractivity contribution in [3.8, 4) is 16.8 Å². The van der Waals surface area contributed by atoms with Crippen LogP contribution >= 0.6 is 0 Å². The SMILES string of the molecule is CNc1ncc(-c2ccc3nc(NC)n(-c4ccccc4)c(=O)c3c2)cc1S(=O)(=O)Nc1ccc(F)cc1F. The molecule has 39 heavy (non-hydrogen) atoms. The van der Waals surface area contributed by atoms with E-state index in [-0.39, 0.29) is 16.3 Å². The smallest absolute Gasteiger partial charge is 0.267 e. The van der Waals surface area contributed by atoms with Gasteiger partial charge in [0.1, 0.15) is 22.3 Å². The third-order valence-corrected chi connectivity index (χ3v) is 7.37. The minimum absolute atomic E-state index is 0.0151. The Labute approximate surface area is 222 Å². The number of hydrogen-bond acceptors (Lipinski definition) is 7. The zero-order chi connectivity index (χ0) is 27.7. The summed E-state index contributed by atoms with van der Waals surface area (Å²) in [7, 11) is -1.18. The maximum Gasteiger partial charge on any atom is 0.267 e. The fourth-order valence-electron chi connectivity index (χ4n) is 4.12. The Morgan fingerprint density at radius 2 is 1.64 bits per heavy atom. The minimum Gasteiger partial charge on any atom is -0.372 e. The van der Waals surface area contributed by atoms with E-state index in [2.05, 4.69) is 25.3 Å². The van der Waals surface area contributed by atoms with Crippen LogP contribution in [-0.4, -0.2) is 37.0 Å². The molecule has 0 saturated carbocycles. The average molecular weight is 549 g/mol. The van der Waals surface area contributed by atoms with Gasteiger partial charge in [-0.15, -0.1) is 0 Å². The van der Waals surface area contributed by atoms with Crippen molar-refractivity contribution in [1.29, 1.82) is 0 Å². The van der Waals surface area contributed by atoms with E-state index < -0.39 is 27.3 Å². The van der Waals surface area contributed by atoms with Crippen LogP contribution in [0.15, 0.2) is 88.7 Å². The van der Waals surface area contributed by atoms with E-state index in [1.165, 1.54) is 23.9 Å². The number of fused-ring (bicyclic) bond motifs is 1. The number of hydrogen-bond donors (Lipinski definition) is 3. The zero-order valence-corrected chi connectivity index (χ0v) is 21.6. The van der Waals surface area contributed by atoms with E-state index in [0.717, 1.165) is 12.1 Å². The standard InChI is InChI=1S/C27H22F2N6O3S/c1-30-25-24(39(37,38)34-23-11-9-18(28)14-21(23)29)13-17(15-32-25)16-8-10-22-20(12-16)26(36)35(27(31-2)33-22)19-6-4-3-5-7-19/h3-15,34H,1-2H3,(H,30,32)(H,31,33). The molecule has 0 aliphatic rings. The molecule has 5 aromatic rings. The van der Waals surface area contributed by atoms with Crippen LogP contribution in [0.5, 0.6) is 0 Å². The molecule has 3 N–H and O–H groups in total. The van der Waals surface area contributed by atoms with E-state index in [4.69, 9.17) is 0 Å². The normalized spacial score (nSPS) is 11.4. The first-order valence-corrected chi connectivity index (χ1v) is 13.2. The summed E-state index contributed by atoms with van der Waals surface area (Å²) >= 11 is 0. The van der Waals surface area contributed by atoms with Crippen molar-refractivity contribution in [2.24, 2.45) is 0 Å². The summed E-state index contributed by atoms with van der Waals surface area (Å²) in [5.74, 6) is -1.53. The van der Waals surface area contributed by atoms with Gasteiger partial charge in [-0.25, -0.2) is 31.7 Å². The molecule has 0 unspecified atom stereocenters. The van der Waals surface area contributed by atoms with Crippen LogP contribution < -0.4 is 20.9 Å². The molecule has 0 spiro atoms. The second-order valence-corrected chi connectivity index (χ2v) is 10.1. The molecule has 0 aliphatic heterocycles. The molecule has 0 saturated heterocycles.